The van der Waals surface area contributed by atoms with Crippen molar-refractivity contribution < 1.29 is 0 Å². The van der Waals surface area contributed by atoms with E-state index in [-0.39, 0.29) is 0 Å². The molecule has 0 atom stereocenters. The van der Waals surface area contributed by atoms with E-state index in [0.29, 0.717) is 0 Å². The van der Waals surface area contributed by atoms with E-state index in [0.717, 1.165) is 5.69 Å². The second-order valence-electron chi connectivity index (χ2n) is 18.6. The van der Waals surface area contributed by atoms with E-state index in [1.807, 2.05) is 0 Å². The van der Waals surface area contributed by atoms with Gasteiger partial charge >= 0.3 is 0 Å². The van der Waals surface area contributed by atoms with Crippen LogP contribution in [0.4, 0.5) is 17.1 Å². The zero-order valence-electron chi connectivity index (χ0n) is 35.5. The third-order valence-corrected chi connectivity index (χ3v) is 17.0. The third-order valence-electron chi connectivity index (χ3n) is 12.9. The Morgan fingerprint density at radius 2 is 0.850 bits per heavy atom. The smallest absolute Gasteiger partial charge is 0.0775 e. The van der Waals surface area contributed by atoms with Gasteiger partial charge in [0.1, 0.15) is 0 Å². The molecule has 292 valence electrons. The first-order valence-corrected chi connectivity index (χ1v) is 28.3. The van der Waals surface area contributed by atoms with Crippen LogP contribution in [0.1, 0.15) is 22.3 Å². The van der Waals surface area contributed by atoms with Crippen LogP contribution < -0.4 is 15.3 Å². The van der Waals surface area contributed by atoms with Gasteiger partial charge in [0.05, 0.1) is 21.6 Å². The molecule has 1 aliphatic rings. The van der Waals surface area contributed by atoms with E-state index in [2.05, 4.69) is 244 Å². The predicted octanol–water partition coefficient (Wildman–Crippen LogP) is 14.6. The van der Waals surface area contributed by atoms with Gasteiger partial charge in [-0.2, -0.15) is 0 Å². The van der Waals surface area contributed by atoms with Gasteiger partial charge in [-0.15, -0.1) is 0 Å². The molecule has 1 aliphatic carbocycles. The zero-order valence-corrected chi connectivity index (χ0v) is 37.5. The first-order chi connectivity index (χ1) is 29.0. The summed E-state index contributed by atoms with van der Waals surface area (Å²) in [4.78, 5) is 2.41. The minimum Gasteiger partial charge on any atom is -0.311 e. The summed E-state index contributed by atoms with van der Waals surface area (Å²) < 4.78 is 0. The Kier molecular flexibility index (Phi) is 9.16. The van der Waals surface area contributed by atoms with E-state index in [1.54, 1.807) is 0 Å². The number of benzene rings is 9. The van der Waals surface area contributed by atoms with Crippen molar-refractivity contribution in [1.82, 2.24) is 0 Å². The largest absolute Gasteiger partial charge is 0.311 e. The molecule has 0 fully saturated rings. The Morgan fingerprint density at radius 1 is 0.367 bits per heavy atom. The third kappa shape index (κ3) is 6.27. The summed E-state index contributed by atoms with van der Waals surface area (Å²) in [6, 6.07) is 75.6. The van der Waals surface area contributed by atoms with Crippen molar-refractivity contribution in [2.75, 3.05) is 4.90 Å². The van der Waals surface area contributed by atoms with Gasteiger partial charge in [-0.3, -0.25) is 0 Å². The van der Waals surface area contributed by atoms with Crippen LogP contribution in [0.15, 0.2) is 200 Å². The minimum absolute atomic E-state index is 0.496. The summed E-state index contributed by atoms with van der Waals surface area (Å²) in [5.41, 5.74) is 13.3. The standard InChI is InChI=1S/C57H51NSi2/c1-59(2,3)48-31-27-46(28-32-48)58(47-29-33-49(34-30-47)60(4,5)6)45-25-21-40(22-26-45)42-24-36-53-55(39-42)57(43-16-9-7-10-17-43,44-18-11-8-12-19-44)54-38-37-51-50-20-14-13-15-41(50)23-35-52(51)56(53)54/h7-39H,1-6H3. The number of nitrogens with zero attached hydrogens (tertiary/aromatic N) is 1. The highest BCUT2D eigenvalue weighted by molar-refractivity contribution is 6.89. The van der Waals surface area contributed by atoms with Crippen LogP contribution in [0, 0.1) is 0 Å². The Labute approximate surface area is 357 Å². The summed E-state index contributed by atoms with van der Waals surface area (Å²) in [5, 5.41) is 8.10. The number of anilines is 3. The van der Waals surface area contributed by atoms with Gasteiger partial charge in [0, 0.05) is 17.1 Å². The Hall–Kier alpha value is -6.27. The zero-order chi connectivity index (χ0) is 41.2. The molecule has 3 heteroatoms. The topological polar surface area (TPSA) is 3.24 Å². The van der Waals surface area contributed by atoms with Crippen LogP contribution in [-0.2, 0) is 5.41 Å². The maximum Gasteiger partial charge on any atom is 0.0775 e. The van der Waals surface area contributed by atoms with Crippen LogP contribution in [0.25, 0.3) is 43.8 Å². The normalized spacial score (nSPS) is 13.3. The Morgan fingerprint density at radius 3 is 1.40 bits per heavy atom. The summed E-state index contributed by atoms with van der Waals surface area (Å²) in [7, 11) is -2.89. The molecule has 1 nitrogen and oxygen atoms in total. The molecule has 0 radical (unpaired) electrons. The Bertz CT molecular complexity index is 2910. The Balaban J connectivity index is 1.14. The van der Waals surface area contributed by atoms with Gasteiger partial charge in [0.2, 0.25) is 0 Å². The fraction of sp³-hybridized carbons (Fsp3) is 0.123. The molecule has 9 aromatic carbocycles. The lowest BCUT2D eigenvalue weighted by Crippen LogP contribution is -2.37. The molecule has 0 bridgehead atoms. The van der Waals surface area contributed by atoms with Crippen LogP contribution in [-0.4, -0.2) is 16.1 Å². The fourth-order valence-electron chi connectivity index (χ4n) is 9.72. The molecule has 0 heterocycles. The van der Waals surface area contributed by atoms with Crippen molar-refractivity contribution in [3.63, 3.8) is 0 Å². The van der Waals surface area contributed by atoms with E-state index in [1.165, 1.54) is 87.8 Å². The second kappa shape index (κ2) is 14.5. The number of hydrogen-bond acceptors (Lipinski definition) is 1. The number of fused-ring (bicyclic) bond motifs is 7. The SMILES string of the molecule is C[Si](C)(C)c1ccc(N(c2ccc(-c3ccc4c(c3)C(c3ccccc3)(c3ccccc3)c3ccc5c(ccc6ccccc65)c3-4)cc2)c2ccc([Si](C)(C)C)cc2)cc1. The fourth-order valence-corrected chi connectivity index (χ4v) is 12.1. The summed E-state index contributed by atoms with van der Waals surface area (Å²) >= 11 is 0. The van der Waals surface area contributed by atoms with Crippen molar-refractivity contribution in [2.45, 2.75) is 44.7 Å². The molecule has 0 saturated carbocycles. The van der Waals surface area contributed by atoms with Gasteiger partial charge in [-0.25, -0.2) is 0 Å². The first-order valence-electron chi connectivity index (χ1n) is 21.3. The van der Waals surface area contributed by atoms with E-state index >= 15 is 0 Å². The highest BCUT2D eigenvalue weighted by Gasteiger charge is 2.47. The lowest BCUT2D eigenvalue weighted by molar-refractivity contribution is 0.769. The first kappa shape index (κ1) is 38.0. The van der Waals surface area contributed by atoms with Crippen molar-refractivity contribution >= 4 is 65.1 Å². The molecule has 60 heavy (non-hydrogen) atoms. The molecule has 9 aromatic rings. The van der Waals surface area contributed by atoms with Gasteiger partial charge in [0.25, 0.3) is 0 Å². The molecule has 0 amide bonds. The van der Waals surface area contributed by atoms with E-state index in [4.69, 9.17) is 0 Å². The van der Waals surface area contributed by atoms with Gasteiger partial charge < -0.3 is 4.90 Å². The summed E-state index contributed by atoms with van der Waals surface area (Å²) in [5.74, 6) is 0. The van der Waals surface area contributed by atoms with Crippen LogP contribution in [0.3, 0.4) is 0 Å². The number of rotatable bonds is 8. The quantitative estimate of drug-likeness (QED) is 0.109. The van der Waals surface area contributed by atoms with Crippen molar-refractivity contribution in [2.24, 2.45) is 0 Å². The molecule has 0 aliphatic heterocycles. The molecule has 0 unspecified atom stereocenters. The maximum absolute atomic E-state index is 2.49. The molecule has 0 spiro atoms. The van der Waals surface area contributed by atoms with Crippen molar-refractivity contribution in [3.8, 4) is 22.3 Å². The van der Waals surface area contributed by atoms with Crippen LogP contribution in [0.5, 0.6) is 0 Å². The average molecular weight is 806 g/mol. The second-order valence-corrected chi connectivity index (χ2v) is 28.7. The van der Waals surface area contributed by atoms with E-state index < -0.39 is 21.6 Å². The summed E-state index contributed by atoms with van der Waals surface area (Å²) in [6.07, 6.45) is 0. The van der Waals surface area contributed by atoms with Crippen molar-refractivity contribution in [1.29, 1.82) is 0 Å². The molecule has 0 saturated heterocycles. The molecular weight excluding hydrogens is 755 g/mol. The van der Waals surface area contributed by atoms with Crippen molar-refractivity contribution in [3.05, 3.63) is 222 Å². The molecular formula is C57H51NSi2. The lowest BCUT2D eigenvalue weighted by atomic mass is 9.67. The lowest BCUT2D eigenvalue weighted by Gasteiger charge is -2.34. The molecule has 0 aromatic heterocycles. The van der Waals surface area contributed by atoms with Gasteiger partial charge in [-0.05, 0) is 109 Å². The van der Waals surface area contributed by atoms with Crippen LogP contribution >= 0.6 is 0 Å². The van der Waals surface area contributed by atoms with Gasteiger partial charge in [0.15, 0.2) is 0 Å². The highest BCUT2D eigenvalue weighted by Crippen LogP contribution is 2.58. The van der Waals surface area contributed by atoms with Gasteiger partial charge in [-0.1, -0.05) is 207 Å². The number of hydrogen-bond donors (Lipinski definition) is 0. The molecule has 10 rings (SSSR count). The maximum atomic E-state index is 2.49. The van der Waals surface area contributed by atoms with E-state index in [9.17, 15) is 0 Å². The minimum atomic E-state index is -1.44. The molecule has 0 N–H and O–H groups in total. The predicted molar refractivity (Wildman–Crippen MR) is 265 cm³/mol. The summed E-state index contributed by atoms with van der Waals surface area (Å²) in [6.45, 7) is 14.5. The monoisotopic (exact) mass is 805 g/mol. The highest BCUT2D eigenvalue weighted by atomic mass is 28.3. The average Bonchev–Trinajstić information content (AvgIpc) is 3.58. The van der Waals surface area contributed by atoms with Crippen LogP contribution in [0.2, 0.25) is 39.3 Å².